The van der Waals surface area contributed by atoms with E-state index < -0.39 is 8.88 Å². The Kier molecular flexibility index (Phi) is 4.87. The van der Waals surface area contributed by atoms with Crippen LogP contribution in [0.4, 0.5) is 5.95 Å². The quantitative estimate of drug-likeness (QED) is 0.405. The van der Waals surface area contributed by atoms with Gasteiger partial charge in [-0.2, -0.15) is 9.97 Å². The standard InChI is InChI=1S/C3H6N4P2S6/c4-1-5-2(8(10,11)12)7-3(6-1)9(13,14)15/h(H2,10,11,12)(H2,13,14,15)(H2,4,5,6,7). The Morgan fingerprint density at radius 2 is 1.20 bits per heavy atom. The van der Waals surface area contributed by atoms with Gasteiger partial charge in [0.1, 0.15) is 8.88 Å². The van der Waals surface area contributed by atoms with Gasteiger partial charge in [-0.1, -0.05) is 23.6 Å². The number of hydrogen-bond donors (Lipinski definition) is 5. The number of aromatic nitrogens is 3. The van der Waals surface area contributed by atoms with Crippen molar-refractivity contribution >= 4 is 98.6 Å². The lowest BCUT2D eigenvalue weighted by molar-refractivity contribution is 1.16. The number of anilines is 1. The zero-order valence-electron chi connectivity index (χ0n) is 6.92. The van der Waals surface area contributed by atoms with Crippen molar-refractivity contribution in [2.24, 2.45) is 0 Å². The molecular formula is C3H6N4P2S6. The summed E-state index contributed by atoms with van der Waals surface area (Å²) in [5, 5.41) is 0. The van der Waals surface area contributed by atoms with Crippen LogP contribution in [0.15, 0.2) is 0 Å². The highest BCUT2D eigenvalue weighted by Crippen LogP contribution is 2.55. The van der Waals surface area contributed by atoms with Crippen molar-refractivity contribution < 1.29 is 0 Å². The van der Waals surface area contributed by atoms with Gasteiger partial charge in [0.25, 0.3) is 0 Å². The van der Waals surface area contributed by atoms with Gasteiger partial charge in [-0.05, 0) is 0 Å². The molecule has 0 saturated heterocycles. The zero-order chi connectivity index (χ0) is 11.9. The van der Waals surface area contributed by atoms with Gasteiger partial charge in [0.2, 0.25) is 5.95 Å². The molecule has 0 fully saturated rings. The number of rotatable bonds is 2. The van der Waals surface area contributed by atoms with Gasteiger partial charge in [-0.15, -0.1) is 49.0 Å². The third-order valence-corrected chi connectivity index (χ3v) is 5.72. The highest BCUT2D eigenvalue weighted by molar-refractivity contribution is 8.94. The van der Waals surface area contributed by atoms with Gasteiger partial charge in [0, 0.05) is 0 Å². The largest absolute Gasteiger partial charge is 0.368 e. The van der Waals surface area contributed by atoms with Crippen LogP contribution in [-0.2, 0) is 23.6 Å². The van der Waals surface area contributed by atoms with Gasteiger partial charge in [-0.3, -0.25) is 0 Å². The molecule has 2 N–H and O–H groups in total. The first kappa shape index (κ1) is 14.6. The third kappa shape index (κ3) is 4.35. The summed E-state index contributed by atoms with van der Waals surface area (Å²) >= 11 is 26.7. The minimum Gasteiger partial charge on any atom is -0.368 e. The second-order valence-corrected chi connectivity index (χ2v) is 21.0. The molecule has 12 heteroatoms. The van der Waals surface area contributed by atoms with E-state index in [1.54, 1.807) is 0 Å². The smallest absolute Gasteiger partial charge is 0.224 e. The lowest BCUT2D eigenvalue weighted by atomic mass is 11.0. The Balaban J connectivity index is 3.43. The second-order valence-electron chi connectivity index (χ2n) is 2.38. The van der Waals surface area contributed by atoms with E-state index in [-0.39, 0.29) is 17.1 Å². The summed E-state index contributed by atoms with van der Waals surface area (Å²) in [5.41, 5.74) is 6.03. The van der Waals surface area contributed by atoms with Gasteiger partial charge < -0.3 is 5.73 Å². The monoisotopic (exact) mass is 352 g/mol. The highest BCUT2D eigenvalue weighted by Gasteiger charge is 2.20. The van der Waals surface area contributed by atoms with Crippen molar-refractivity contribution in [1.29, 1.82) is 0 Å². The van der Waals surface area contributed by atoms with Crippen LogP contribution in [0.1, 0.15) is 0 Å². The van der Waals surface area contributed by atoms with E-state index in [9.17, 15) is 0 Å². The Labute approximate surface area is 118 Å². The molecule has 1 heterocycles. The van der Waals surface area contributed by atoms with Crippen molar-refractivity contribution in [3.8, 4) is 0 Å². The van der Waals surface area contributed by atoms with E-state index in [0.717, 1.165) is 0 Å². The summed E-state index contributed by atoms with van der Waals surface area (Å²) in [6, 6.07) is 0. The number of thiol groups is 4. The number of hydrogen-bond acceptors (Lipinski definition) is 6. The van der Waals surface area contributed by atoms with Crippen LogP contribution in [0.2, 0.25) is 0 Å². The van der Waals surface area contributed by atoms with Gasteiger partial charge in [0.05, 0.1) is 0 Å². The fraction of sp³-hybridized carbons (Fsp3) is 0. The molecule has 0 aliphatic heterocycles. The lowest BCUT2D eigenvalue weighted by Gasteiger charge is -2.11. The van der Waals surface area contributed by atoms with Crippen LogP contribution in [0.25, 0.3) is 0 Å². The van der Waals surface area contributed by atoms with Gasteiger partial charge in [-0.25, -0.2) is 4.98 Å². The van der Waals surface area contributed by atoms with Crippen LogP contribution in [0.5, 0.6) is 0 Å². The first-order valence-electron chi connectivity index (χ1n) is 3.24. The summed E-state index contributed by atoms with van der Waals surface area (Å²) in [4.78, 5) is 11.8. The van der Waals surface area contributed by atoms with Crippen molar-refractivity contribution in [3.05, 3.63) is 0 Å². The predicted molar refractivity (Wildman–Crippen MR) is 88.0 cm³/mol. The maximum absolute atomic E-state index is 5.50. The first-order valence-corrected chi connectivity index (χ1v) is 13.5. The average Bonchev–Trinajstić information content (AvgIpc) is 1.99. The minimum absolute atomic E-state index is 0.0321. The van der Waals surface area contributed by atoms with E-state index in [1.807, 2.05) is 0 Å². The SMILES string of the molecule is Nc1nc(P(=S)(S)S)nc(P(=S)(S)S)n1. The Bertz CT molecular complexity index is 437. The fourth-order valence-electron chi connectivity index (χ4n) is 0.630. The molecule has 0 aliphatic rings. The van der Waals surface area contributed by atoms with Crippen molar-refractivity contribution in [3.63, 3.8) is 0 Å². The summed E-state index contributed by atoms with van der Waals surface area (Å²) in [6.07, 6.45) is 0. The van der Waals surface area contributed by atoms with Crippen LogP contribution < -0.4 is 16.9 Å². The minimum atomic E-state index is -2.36. The van der Waals surface area contributed by atoms with Crippen LogP contribution >= 0.6 is 57.9 Å². The molecule has 1 aromatic heterocycles. The van der Waals surface area contributed by atoms with Crippen LogP contribution in [-0.4, -0.2) is 15.0 Å². The Hall–Kier alpha value is 1.51. The predicted octanol–water partition coefficient (Wildman–Crippen LogP) is 1.04. The normalized spacial score (nSPS) is 12.8. The highest BCUT2D eigenvalue weighted by atomic mass is 33.2. The summed E-state index contributed by atoms with van der Waals surface area (Å²) in [7, 11) is 0. The zero-order valence-corrected chi connectivity index (χ0v) is 13.9. The van der Waals surface area contributed by atoms with E-state index >= 15 is 0 Å². The molecule has 0 atom stereocenters. The second kappa shape index (κ2) is 5.02. The van der Waals surface area contributed by atoms with E-state index in [0.29, 0.717) is 0 Å². The number of nitrogen functional groups attached to an aromatic ring is 1. The average molecular weight is 352 g/mol. The van der Waals surface area contributed by atoms with Crippen LogP contribution in [0.3, 0.4) is 0 Å². The molecule has 0 spiro atoms. The Morgan fingerprint density at radius 3 is 1.47 bits per heavy atom. The lowest BCUT2D eigenvalue weighted by Crippen LogP contribution is -2.24. The topological polar surface area (TPSA) is 64.7 Å². The number of nitrogens with zero attached hydrogens (tertiary/aromatic N) is 3. The fourth-order valence-corrected chi connectivity index (χ4v) is 3.19. The molecule has 0 unspecified atom stereocenters. The van der Waals surface area contributed by atoms with E-state index in [2.05, 4.69) is 63.9 Å². The van der Waals surface area contributed by atoms with Crippen molar-refractivity contribution in [1.82, 2.24) is 15.0 Å². The molecule has 1 rings (SSSR count). The molecule has 1 aromatic rings. The molecule has 84 valence electrons. The molecule has 0 aromatic carbocycles. The van der Waals surface area contributed by atoms with Crippen molar-refractivity contribution in [2.45, 2.75) is 0 Å². The maximum Gasteiger partial charge on any atom is 0.224 e. The molecule has 0 radical (unpaired) electrons. The van der Waals surface area contributed by atoms with Crippen molar-refractivity contribution in [2.75, 3.05) is 5.73 Å². The maximum atomic E-state index is 5.50. The Morgan fingerprint density at radius 1 is 0.867 bits per heavy atom. The first-order chi connectivity index (χ1) is 6.60. The van der Waals surface area contributed by atoms with Crippen LogP contribution in [0, 0.1) is 0 Å². The molecule has 0 aliphatic carbocycles. The third-order valence-electron chi connectivity index (χ3n) is 1.15. The molecule has 4 nitrogen and oxygen atoms in total. The van der Waals surface area contributed by atoms with E-state index in [4.69, 9.17) is 29.3 Å². The summed E-state index contributed by atoms with van der Waals surface area (Å²) in [5.74, 6) is 0.0321. The molecule has 0 saturated carbocycles. The van der Waals surface area contributed by atoms with Gasteiger partial charge >= 0.3 is 0 Å². The molecule has 15 heavy (non-hydrogen) atoms. The van der Waals surface area contributed by atoms with E-state index in [1.165, 1.54) is 0 Å². The summed E-state index contributed by atoms with van der Waals surface area (Å²) in [6.45, 7) is 0. The molecular weight excluding hydrogens is 346 g/mol. The number of nitrogens with two attached hydrogens (primary N) is 1. The molecule has 0 bridgehead atoms. The van der Waals surface area contributed by atoms with Gasteiger partial charge in [0.15, 0.2) is 11.1 Å². The summed E-state index contributed by atoms with van der Waals surface area (Å²) < 4.78 is -4.72. The molecule has 0 amide bonds.